The molecule has 0 spiro atoms. The molecule has 0 nitrogen and oxygen atoms in total. The van der Waals surface area contributed by atoms with E-state index in [1.807, 2.05) is 3.58 Å². The van der Waals surface area contributed by atoms with E-state index in [0.717, 1.165) is 0 Å². The Morgan fingerprint density at radius 1 is 0.213 bits per heavy atom. The zero-order valence-electron chi connectivity index (χ0n) is 42.9. The van der Waals surface area contributed by atoms with E-state index in [9.17, 15) is 0 Å². The zero-order valence-corrected chi connectivity index (χ0v) is 45.8. The summed E-state index contributed by atoms with van der Waals surface area (Å²) in [5.41, 5.74) is 0. The fraction of sp³-hybridized carbons (Fsp3) is 0.900. The first-order valence-electron chi connectivity index (χ1n) is 29.3. The normalized spacial score (nSPS) is 11.9. The van der Waals surface area contributed by atoms with Gasteiger partial charge in [-0.3, -0.25) is 0 Å². The second-order valence-corrected chi connectivity index (χ2v) is 34.0. The van der Waals surface area contributed by atoms with Gasteiger partial charge in [0, 0.05) is 0 Å². The van der Waals surface area contributed by atoms with Gasteiger partial charge in [0.25, 0.3) is 0 Å². The monoisotopic (exact) mass is 957 g/mol. The third kappa shape index (κ3) is 40.1. The quantitative estimate of drug-likeness (QED) is 0.0451. The summed E-state index contributed by atoms with van der Waals surface area (Å²) >= 11 is -2.47. The van der Waals surface area contributed by atoms with Gasteiger partial charge in [-0.05, 0) is 0 Å². The van der Waals surface area contributed by atoms with Crippen molar-refractivity contribution < 1.29 is 0 Å². The van der Waals surface area contributed by atoms with Crippen molar-refractivity contribution >= 4 is 22.0 Å². The first-order valence-corrected chi connectivity index (χ1v) is 36.8. The third-order valence-corrected chi connectivity index (χ3v) is 30.6. The topological polar surface area (TPSA) is 0 Å². The van der Waals surface area contributed by atoms with Crippen LogP contribution in [0.15, 0.2) is 30.3 Å². The van der Waals surface area contributed by atoms with Gasteiger partial charge in [0.2, 0.25) is 0 Å². The molecule has 1 heteroatoms. The molecule has 1 aromatic carbocycles. The SMILES string of the molecule is CCCCCCCCCCCCCCCCC[CH2][Sn]([CH2]CCCCCCCCCCCCCCCCC)([CH2]CCCCCCCCCCCCCCCCC)[c]1ccccc1. The predicted molar refractivity (Wildman–Crippen MR) is 285 cm³/mol. The summed E-state index contributed by atoms with van der Waals surface area (Å²) in [6, 6.07) is 12.3. The molecule has 0 amide bonds. The van der Waals surface area contributed by atoms with Crippen LogP contribution >= 0.6 is 0 Å². The molecule has 0 aliphatic rings. The summed E-state index contributed by atoms with van der Waals surface area (Å²) in [6.07, 6.45) is 71.0. The fourth-order valence-corrected chi connectivity index (χ4v) is 25.7. The Bertz CT molecular complexity index is 834. The minimum atomic E-state index is -2.47. The van der Waals surface area contributed by atoms with Crippen LogP contribution in [0.1, 0.15) is 329 Å². The molecule has 0 fully saturated rings. The van der Waals surface area contributed by atoms with Crippen molar-refractivity contribution in [2.24, 2.45) is 0 Å². The molecule has 0 aliphatic carbocycles. The van der Waals surface area contributed by atoms with Crippen LogP contribution in [0.5, 0.6) is 0 Å². The van der Waals surface area contributed by atoms with Gasteiger partial charge in [-0.1, -0.05) is 117 Å². The summed E-state index contributed by atoms with van der Waals surface area (Å²) in [5.74, 6) is 0. The van der Waals surface area contributed by atoms with Gasteiger partial charge in [0.1, 0.15) is 0 Å². The van der Waals surface area contributed by atoms with Crippen molar-refractivity contribution in [2.75, 3.05) is 0 Å². The Balaban J connectivity index is 2.42. The number of hydrogen-bond donors (Lipinski definition) is 0. The Hall–Kier alpha value is 0.0187. The Morgan fingerprint density at radius 3 is 0.557 bits per heavy atom. The van der Waals surface area contributed by atoms with Crippen LogP contribution in [0.4, 0.5) is 0 Å². The molecule has 0 bridgehead atoms. The molecule has 0 aliphatic heterocycles. The van der Waals surface area contributed by atoms with E-state index in [-0.39, 0.29) is 0 Å². The minimum absolute atomic E-state index is 1.37. The third-order valence-electron chi connectivity index (χ3n) is 14.9. The first-order chi connectivity index (χ1) is 30.3. The van der Waals surface area contributed by atoms with Crippen molar-refractivity contribution in [3.05, 3.63) is 30.3 Å². The Morgan fingerprint density at radius 2 is 0.377 bits per heavy atom. The molecular weight excluding hydrogens is 839 g/mol. The molecule has 0 aromatic heterocycles. The summed E-state index contributed by atoms with van der Waals surface area (Å²) < 4.78 is 6.79. The van der Waals surface area contributed by atoms with Gasteiger partial charge in [-0.25, -0.2) is 0 Å². The van der Waals surface area contributed by atoms with Gasteiger partial charge in [-0.15, -0.1) is 0 Å². The van der Waals surface area contributed by atoms with E-state index in [4.69, 9.17) is 0 Å². The average molecular weight is 956 g/mol. The molecule has 0 saturated heterocycles. The maximum absolute atomic E-state index is 2.61. The van der Waals surface area contributed by atoms with E-state index < -0.39 is 18.4 Å². The van der Waals surface area contributed by atoms with Crippen LogP contribution in [-0.2, 0) is 0 Å². The van der Waals surface area contributed by atoms with Crippen LogP contribution in [0.3, 0.4) is 0 Å². The van der Waals surface area contributed by atoms with E-state index in [2.05, 4.69) is 51.1 Å². The molecular formula is C60H116Sn. The molecule has 1 rings (SSSR count). The maximum atomic E-state index is 2.61. The van der Waals surface area contributed by atoms with Crippen molar-refractivity contribution in [2.45, 2.75) is 342 Å². The van der Waals surface area contributed by atoms with E-state index >= 15 is 0 Å². The van der Waals surface area contributed by atoms with Gasteiger partial charge in [0.15, 0.2) is 0 Å². The van der Waals surface area contributed by atoms with Crippen molar-refractivity contribution in [1.82, 2.24) is 0 Å². The van der Waals surface area contributed by atoms with Crippen LogP contribution in [0.25, 0.3) is 0 Å². The Labute approximate surface area is 392 Å². The zero-order chi connectivity index (χ0) is 43.7. The van der Waals surface area contributed by atoms with E-state index in [1.54, 1.807) is 13.3 Å². The van der Waals surface area contributed by atoms with Crippen LogP contribution in [0, 0.1) is 0 Å². The van der Waals surface area contributed by atoms with Crippen LogP contribution < -0.4 is 3.58 Å². The second-order valence-electron chi connectivity index (χ2n) is 20.8. The fourth-order valence-electron chi connectivity index (χ4n) is 10.6. The molecule has 0 radical (unpaired) electrons. The van der Waals surface area contributed by atoms with E-state index in [1.165, 1.54) is 308 Å². The van der Waals surface area contributed by atoms with Crippen molar-refractivity contribution in [3.63, 3.8) is 0 Å². The van der Waals surface area contributed by atoms with Crippen molar-refractivity contribution in [1.29, 1.82) is 0 Å². The summed E-state index contributed by atoms with van der Waals surface area (Å²) in [7, 11) is 0. The van der Waals surface area contributed by atoms with Crippen LogP contribution in [-0.4, -0.2) is 18.4 Å². The standard InChI is InChI=1S/3C18H37.C6H5.Sn/c3*1-3-5-7-9-11-13-15-17-18-16-14-12-10-8-6-4-2;1-2-4-6-5-3-1;/h3*1,3-18H2,2H3;1-5H;. The van der Waals surface area contributed by atoms with Crippen molar-refractivity contribution in [3.8, 4) is 0 Å². The summed E-state index contributed by atoms with van der Waals surface area (Å²) in [6.45, 7) is 6.97. The molecule has 0 unspecified atom stereocenters. The molecule has 0 saturated carbocycles. The van der Waals surface area contributed by atoms with Gasteiger partial charge in [-0.2, -0.15) is 0 Å². The van der Waals surface area contributed by atoms with Gasteiger partial charge >= 0.3 is 277 Å². The van der Waals surface area contributed by atoms with Gasteiger partial charge in [0.05, 0.1) is 0 Å². The molecule has 61 heavy (non-hydrogen) atoms. The number of unbranched alkanes of at least 4 members (excludes halogenated alkanes) is 45. The van der Waals surface area contributed by atoms with Gasteiger partial charge < -0.3 is 0 Å². The number of hydrogen-bond acceptors (Lipinski definition) is 0. The van der Waals surface area contributed by atoms with Crippen LogP contribution in [0.2, 0.25) is 13.3 Å². The number of benzene rings is 1. The molecule has 0 N–H and O–H groups in total. The second kappa shape index (κ2) is 49.5. The summed E-state index contributed by atoms with van der Waals surface area (Å²) in [4.78, 5) is 0. The molecule has 0 atom stereocenters. The predicted octanol–water partition coefficient (Wildman–Crippen LogP) is 22.1. The number of rotatable bonds is 52. The molecule has 360 valence electrons. The summed E-state index contributed by atoms with van der Waals surface area (Å²) in [5, 5.41) is 0. The van der Waals surface area contributed by atoms with E-state index in [0.29, 0.717) is 0 Å². The Kier molecular flexibility index (Phi) is 47.9. The molecule has 0 heterocycles. The first kappa shape index (κ1) is 59.0. The average Bonchev–Trinajstić information content (AvgIpc) is 3.28. The molecule has 1 aromatic rings.